The van der Waals surface area contributed by atoms with E-state index in [1.807, 2.05) is 0 Å². The fourth-order valence-corrected chi connectivity index (χ4v) is 4.10. The van der Waals surface area contributed by atoms with Crippen molar-refractivity contribution in [2.24, 2.45) is 0 Å². The molecule has 0 radical (unpaired) electrons. The largest absolute Gasteiger partial charge is 0.307 e. The molecular weight excluding hydrogens is 386 g/mol. The number of anilines is 2. The lowest BCUT2D eigenvalue weighted by Crippen LogP contribution is -2.22. The molecule has 5 nitrogen and oxygen atoms in total. The molecule has 0 bridgehead atoms. The van der Waals surface area contributed by atoms with Crippen LogP contribution in [-0.4, -0.2) is 21.1 Å². The minimum atomic E-state index is -0.238. The third kappa shape index (κ3) is 3.67. The third-order valence-electron chi connectivity index (χ3n) is 3.00. The predicted octanol–water partition coefficient (Wildman–Crippen LogP) is 3.97. The second-order valence-corrected chi connectivity index (χ2v) is 7.73. The van der Waals surface area contributed by atoms with E-state index in [0.29, 0.717) is 30.8 Å². The highest BCUT2D eigenvalue weighted by Crippen LogP contribution is 2.32. The molecule has 1 aromatic heterocycles. The van der Waals surface area contributed by atoms with Crippen LogP contribution in [0.5, 0.6) is 0 Å². The third-order valence-corrected chi connectivity index (χ3v) is 5.25. The van der Waals surface area contributed by atoms with E-state index in [4.69, 9.17) is 23.8 Å². The van der Waals surface area contributed by atoms with Crippen LogP contribution in [0.4, 0.5) is 10.8 Å². The summed E-state index contributed by atoms with van der Waals surface area (Å²) in [6.45, 7) is 1.46. The van der Waals surface area contributed by atoms with E-state index in [1.165, 1.54) is 34.9 Å². The Morgan fingerprint density at radius 3 is 2.88 bits per heavy atom. The Kier molecular flexibility index (Phi) is 5.00. The average molecular weight is 396 g/mol. The summed E-state index contributed by atoms with van der Waals surface area (Å²) in [7, 11) is 0. The molecule has 0 unspecified atom stereocenters. The summed E-state index contributed by atoms with van der Waals surface area (Å²) in [5, 5.41) is 5.36. The fourth-order valence-electron chi connectivity index (χ4n) is 2.04. The number of thioether (sulfide) groups is 1. The van der Waals surface area contributed by atoms with Crippen molar-refractivity contribution in [2.75, 3.05) is 4.90 Å². The van der Waals surface area contributed by atoms with Crippen LogP contribution in [0, 0.1) is 0 Å². The lowest BCUT2D eigenvalue weighted by Gasteiger charge is -2.18. The lowest BCUT2D eigenvalue weighted by atomic mass is 10.3. The number of amides is 2. The quantitative estimate of drug-likeness (QED) is 0.629. The molecule has 2 amide bonds. The molecule has 1 N–H and O–H groups in total. The van der Waals surface area contributed by atoms with Gasteiger partial charge in [-0.2, -0.15) is 0 Å². The summed E-state index contributed by atoms with van der Waals surface area (Å²) in [4.78, 5) is 30.1. The van der Waals surface area contributed by atoms with Crippen LogP contribution in [0.15, 0.2) is 34.6 Å². The van der Waals surface area contributed by atoms with Crippen LogP contribution in [0.3, 0.4) is 0 Å². The van der Waals surface area contributed by atoms with Crippen molar-refractivity contribution in [3.8, 4) is 0 Å². The number of aromatic nitrogens is 1. The zero-order valence-corrected chi connectivity index (χ0v) is 15.5. The number of nitrogens with zero attached hydrogens (tertiary/aromatic N) is 2. The van der Waals surface area contributed by atoms with Crippen LogP contribution >= 0.6 is 46.9 Å². The molecule has 1 aromatic carbocycles. The van der Waals surface area contributed by atoms with Gasteiger partial charge in [0, 0.05) is 17.3 Å². The Balaban J connectivity index is 1.93. The molecule has 122 valence electrons. The molecule has 1 aliphatic rings. The highest BCUT2D eigenvalue weighted by molar-refractivity contribution is 8.26. The van der Waals surface area contributed by atoms with Gasteiger partial charge in [-0.25, -0.2) is 4.98 Å². The van der Waals surface area contributed by atoms with Gasteiger partial charge in [-0.3, -0.25) is 14.5 Å². The maximum Gasteiger partial charge on any atom is 0.263 e. The number of benzene rings is 1. The van der Waals surface area contributed by atoms with Crippen LogP contribution < -0.4 is 10.2 Å². The van der Waals surface area contributed by atoms with Gasteiger partial charge in [-0.15, -0.1) is 11.3 Å². The second kappa shape index (κ2) is 7.02. The second-order valence-electron chi connectivity index (χ2n) is 4.74. The molecule has 3 rings (SSSR count). The van der Waals surface area contributed by atoms with Gasteiger partial charge in [0.05, 0.1) is 16.3 Å². The van der Waals surface area contributed by atoms with Gasteiger partial charge in [0.25, 0.3) is 5.91 Å². The Morgan fingerprint density at radius 1 is 1.46 bits per heavy atom. The van der Waals surface area contributed by atoms with Crippen molar-refractivity contribution >= 4 is 79.9 Å². The molecule has 1 aliphatic heterocycles. The van der Waals surface area contributed by atoms with Gasteiger partial charge < -0.3 is 5.32 Å². The highest BCUT2D eigenvalue weighted by Gasteiger charge is 2.23. The van der Waals surface area contributed by atoms with Crippen LogP contribution in [0.25, 0.3) is 6.08 Å². The molecule has 2 aromatic rings. The Labute approximate surface area is 156 Å². The lowest BCUT2D eigenvalue weighted by molar-refractivity contribution is -0.116. The topological polar surface area (TPSA) is 62.3 Å². The van der Waals surface area contributed by atoms with Crippen molar-refractivity contribution in [1.82, 2.24) is 10.3 Å². The van der Waals surface area contributed by atoms with E-state index in [2.05, 4.69) is 10.3 Å². The minimum Gasteiger partial charge on any atom is -0.307 e. The fraction of sp³-hybridized carbons (Fsp3) is 0.0667. The molecular formula is C15H10ClN3O2S3. The summed E-state index contributed by atoms with van der Waals surface area (Å²) in [6.07, 6.45) is 1.65. The Hall–Kier alpha value is -1.74. The summed E-state index contributed by atoms with van der Waals surface area (Å²) >= 11 is 13.5. The molecule has 0 aliphatic carbocycles. The first-order valence-corrected chi connectivity index (χ1v) is 9.19. The molecule has 0 atom stereocenters. The van der Waals surface area contributed by atoms with E-state index < -0.39 is 0 Å². The molecule has 24 heavy (non-hydrogen) atoms. The van der Waals surface area contributed by atoms with E-state index >= 15 is 0 Å². The first-order valence-electron chi connectivity index (χ1n) is 6.70. The van der Waals surface area contributed by atoms with Gasteiger partial charge in [-0.05, 0) is 24.3 Å². The van der Waals surface area contributed by atoms with Gasteiger partial charge in [0.1, 0.15) is 4.32 Å². The summed E-state index contributed by atoms with van der Waals surface area (Å²) in [6, 6.07) is 6.98. The molecule has 2 heterocycles. The maximum atomic E-state index is 12.1. The first-order chi connectivity index (χ1) is 11.4. The van der Waals surface area contributed by atoms with Crippen LogP contribution in [0.1, 0.15) is 12.6 Å². The number of halogens is 1. The van der Waals surface area contributed by atoms with Gasteiger partial charge in [0.15, 0.2) is 5.13 Å². The van der Waals surface area contributed by atoms with Gasteiger partial charge in [0.2, 0.25) is 5.91 Å². The number of carbonyl (C=O) groups excluding carboxylic acids is 2. The van der Waals surface area contributed by atoms with E-state index in [-0.39, 0.29) is 11.8 Å². The normalized spacial score (nSPS) is 15.7. The standard InChI is InChI=1S/C15H10ClN3O2S3/c1-8(20)19(11-4-2-3-9(16)5-11)14-17-10(7-23-14)6-12-13(21)18-15(22)24-12/h2-7H,1H3,(H,18,21,22)/b12-6-. The smallest absolute Gasteiger partial charge is 0.263 e. The van der Waals surface area contributed by atoms with Crippen molar-refractivity contribution in [3.63, 3.8) is 0 Å². The Bertz CT molecular complexity index is 878. The van der Waals surface area contributed by atoms with Crippen molar-refractivity contribution in [3.05, 3.63) is 45.3 Å². The summed E-state index contributed by atoms with van der Waals surface area (Å²) in [5.74, 6) is -0.419. The SMILES string of the molecule is CC(=O)N(c1cccc(Cl)c1)c1nc(/C=C2\SC(=S)NC2=O)cs1. The average Bonchev–Trinajstić information content (AvgIpc) is 3.06. The van der Waals surface area contributed by atoms with Crippen molar-refractivity contribution < 1.29 is 9.59 Å². The minimum absolute atomic E-state index is 0.181. The number of hydrogen-bond donors (Lipinski definition) is 1. The van der Waals surface area contributed by atoms with Crippen LogP contribution in [0.2, 0.25) is 5.02 Å². The molecule has 9 heteroatoms. The molecule has 1 fully saturated rings. The first kappa shape index (κ1) is 17.1. The predicted molar refractivity (Wildman–Crippen MR) is 103 cm³/mol. The zero-order chi connectivity index (χ0) is 17.3. The summed E-state index contributed by atoms with van der Waals surface area (Å²) in [5.41, 5.74) is 1.23. The van der Waals surface area contributed by atoms with Crippen LogP contribution in [-0.2, 0) is 9.59 Å². The Morgan fingerprint density at radius 2 is 2.25 bits per heavy atom. The van der Waals surface area contributed by atoms with Crippen molar-refractivity contribution in [1.29, 1.82) is 0 Å². The summed E-state index contributed by atoms with van der Waals surface area (Å²) < 4.78 is 0.422. The van der Waals surface area contributed by atoms with E-state index in [1.54, 1.807) is 35.7 Å². The monoisotopic (exact) mass is 395 g/mol. The molecule has 0 spiro atoms. The number of carbonyl (C=O) groups is 2. The van der Waals surface area contributed by atoms with Gasteiger partial charge >= 0.3 is 0 Å². The number of rotatable bonds is 3. The van der Waals surface area contributed by atoms with E-state index in [0.717, 1.165) is 0 Å². The van der Waals surface area contributed by atoms with Crippen molar-refractivity contribution in [2.45, 2.75) is 6.92 Å². The maximum absolute atomic E-state index is 12.1. The number of thiazole rings is 1. The zero-order valence-electron chi connectivity index (χ0n) is 12.3. The van der Waals surface area contributed by atoms with Gasteiger partial charge in [-0.1, -0.05) is 41.6 Å². The van der Waals surface area contributed by atoms with E-state index in [9.17, 15) is 9.59 Å². The highest BCUT2D eigenvalue weighted by atomic mass is 35.5. The molecule has 1 saturated heterocycles. The number of nitrogens with one attached hydrogen (secondary N) is 1. The molecule has 0 saturated carbocycles. The number of thiocarbonyl (C=S) groups is 1. The number of hydrogen-bond acceptors (Lipinski definition) is 6.